The molecular weight excluding hydrogens is 192 g/mol. The van der Waals surface area contributed by atoms with E-state index in [1.807, 2.05) is 6.92 Å². The maximum atomic E-state index is 11.5. The van der Waals surface area contributed by atoms with E-state index in [-0.39, 0.29) is 5.91 Å². The number of aromatic nitrogens is 2. The Bertz CT molecular complexity index is 308. The van der Waals surface area contributed by atoms with Crippen LogP contribution in [-0.4, -0.2) is 35.7 Å². The van der Waals surface area contributed by atoms with Crippen LogP contribution in [0, 0.1) is 6.92 Å². The van der Waals surface area contributed by atoms with Crippen molar-refractivity contribution in [3.8, 4) is 0 Å². The second-order valence-corrected chi connectivity index (χ2v) is 3.40. The molecule has 0 saturated carbocycles. The molecule has 0 aliphatic rings. The summed E-state index contributed by atoms with van der Waals surface area (Å²) in [5.41, 5.74) is 1.35. The number of hydrogen-bond acceptors (Lipinski definition) is 3. The molecular formula is C10H18N4O. The Labute approximate surface area is 89.6 Å². The third-order valence-electron chi connectivity index (χ3n) is 2.00. The van der Waals surface area contributed by atoms with Gasteiger partial charge in [-0.2, -0.15) is 5.10 Å². The first-order valence-corrected chi connectivity index (χ1v) is 5.25. The lowest BCUT2D eigenvalue weighted by molar-refractivity contribution is 0.0948. The Morgan fingerprint density at radius 2 is 2.33 bits per heavy atom. The van der Waals surface area contributed by atoms with Crippen LogP contribution in [0.4, 0.5) is 0 Å². The topological polar surface area (TPSA) is 69.8 Å². The summed E-state index contributed by atoms with van der Waals surface area (Å²) < 4.78 is 0. The first-order valence-electron chi connectivity index (χ1n) is 5.25. The quantitative estimate of drug-likeness (QED) is 0.597. The molecule has 0 aliphatic heterocycles. The highest BCUT2D eigenvalue weighted by atomic mass is 16.1. The van der Waals surface area contributed by atoms with E-state index in [0.717, 1.165) is 25.2 Å². The summed E-state index contributed by atoms with van der Waals surface area (Å²) in [5.74, 6) is -0.115. The lowest BCUT2D eigenvalue weighted by atomic mass is 10.3. The minimum atomic E-state index is -0.115. The van der Waals surface area contributed by atoms with Crippen LogP contribution in [0.2, 0.25) is 0 Å². The van der Waals surface area contributed by atoms with E-state index >= 15 is 0 Å². The SMILES string of the molecule is CCNCCCNC(=O)c1cc(C)[nH]n1. The van der Waals surface area contributed by atoms with Crippen molar-refractivity contribution in [1.29, 1.82) is 0 Å². The van der Waals surface area contributed by atoms with Crippen LogP contribution in [0.5, 0.6) is 0 Å². The van der Waals surface area contributed by atoms with Gasteiger partial charge in [-0.15, -0.1) is 0 Å². The zero-order valence-electron chi connectivity index (χ0n) is 9.26. The molecule has 0 spiro atoms. The monoisotopic (exact) mass is 210 g/mol. The average Bonchev–Trinajstić information content (AvgIpc) is 2.64. The molecule has 84 valence electrons. The Kier molecular flexibility index (Phi) is 4.83. The largest absolute Gasteiger partial charge is 0.351 e. The Hall–Kier alpha value is -1.36. The van der Waals surface area contributed by atoms with Crippen molar-refractivity contribution in [1.82, 2.24) is 20.8 Å². The van der Waals surface area contributed by atoms with Crippen molar-refractivity contribution < 1.29 is 4.79 Å². The second-order valence-electron chi connectivity index (χ2n) is 3.40. The normalized spacial score (nSPS) is 10.3. The fourth-order valence-corrected chi connectivity index (χ4v) is 1.22. The Morgan fingerprint density at radius 3 is 2.93 bits per heavy atom. The summed E-state index contributed by atoms with van der Waals surface area (Å²) in [6.45, 7) is 6.50. The van der Waals surface area contributed by atoms with Crippen molar-refractivity contribution in [2.75, 3.05) is 19.6 Å². The molecule has 0 saturated heterocycles. The summed E-state index contributed by atoms with van der Waals surface area (Å²) in [6.07, 6.45) is 0.934. The van der Waals surface area contributed by atoms with Crippen LogP contribution in [0.15, 0.2) is 6.07 Å². The highest BCUT2D eigenvalue weighted by Crippen LogP contribution is 1.96. The van der Waals surface area contributed by atoms with E-state index in [9.17, 15) is 4.79 Å². The molecule has 1 amide bonds. The molecule has 0 bridgehead atoms. The lowest BCUT2D eigenvalue weighted by Gasteiger charge is -2.03. The van der Waals surface area contributed by atoms with E-state index < -0.39 is 0 Å². The molecule has 0 atom stereocenters. The van der Waals surface area contributed by atoms with E-state index in [1.165, 1.54) is 0 Å². The highest BCUT2D eigenvalue weighted by molar-refractivity contribution is 5.92. The van der Waals surface area contributed by atoms with Gasteiger partial charge in [-0.05, 0) is 32.5 Å². The maximum absolute atomic E-state index is 11.5. The number of aryl methyl sites for hydroxylation is 1. The molecule has 1 aromatic rings. The second kappa shape index (κ2) is 6.19. The van der Waals surface area contributed by atoms with Gasteiger partial charge in [0.2, 0.25) is 0 Å². The van der Waals surface area contributed by atoms with Gasteiger partial charge in [-0.1, -0.05) is 6.92 Å². The van der Waals surface area contributed by atoms with Gasteiger partial charge < -0.3 is 10.6 Å². The summed E-state index contributed by atoms with van der Waals surface area (Å²) in [4.78, 5) is 11.5. The predicted octanol–water partition coefficient (Wildman–Crippen LogP) is 0.448. The van der Waals surface area contributed by atoms with Gasteiger partial charge in [0.1, 0.15) is 5.69 Å². The van der Waals surface area contributed by atoms with E-state index in [1.54, 1.807) is 6.07 Å². The number of H-pyrrole nitrogens is 1. The zero-order chi connectivity index (χ0) is 11.1. The number of rotatable bonds is 6. The summed E-state index contributed by atoms with van der Waals surface area (Å²) in [5, 5.41) is 12.6. The lowest BCUT2D eigenvalue weighted by Crippen LogP contribution is -2.27. The Balaban J connectivity index is 2.19. The van der Waals surface area contributed by atoms with Gasteiger partial charge in [-0.25, -0.2) is 0 Å². The first-order chi connectivity index (χ1) is 7.24. The number of carbonyl (C=O) groups excluding carboxylic acids is 1. The summed E-state index contributed by atoms with van der Waals surface area (Å²) in [7, 11) is 0. The number of hydrogen-bond donors (Lipinski definition) is 3. The first kappa shape index (κ1) is 11.7. The third kappa shape index (κ3) is 4.12. The molecule has 0 aliphatic carbocycles. The van der Waals surface area contributed by atoms with E-state index in [2.05, 4.69) is 27.8 Å². The maximum Gasteiger partial charge on any atom is 0.271 e. The standard InChI is InChI=1S/C10H18N4O/c1-3-11-5-4-6-12-10(15)9-7-8(2)13-14-9/h7,11H,3-6H2,1-2H3,(H,12,15)(H,13,14). The third-order valence-corrected chi connectivity index (χ3v) is 2.00. The molecule has 1 aromatic heterocycles. The van der Waals surface area contributed by atoms with E-state index in [0.29, 0.717) is 12.2 Å². The predicted molar refractivity (Wildman–Crippen MR) is 58.8 cm³/mol. The van der Waals surface area contributed by atoms with Gasteiger partial charge in [0.05, 0.1) is 0 Å². The van der Waals surface area contributed by atoms with Gasteiger partial charge >= 0.3 is 0 Å². The Morgan fingerprint density at radius 1 is 1.53 bits per heavy atom. The number of amides is 1. The number of nitrogens with zero attached hydrogens (tertiary/aromatic N) is 1. The smallest absolute Gasteiger partial charge is 0.271 e. The molecule has 5 nitrogen and oxygen atoms in total. The molecule has 5 heteroatoms. The molecule has 1 heterocycles. The molecule has 0 fully saturated rings. The van der Waals surface area contributed by atoms with Crippen LogP contribution in [0.25, 0.3) is 0 Å². The fourth-order valence-electron chi connectivity index (χ4n) is 1.22. The molecule has 0 radical (unpaired) electrons. The number of nitrogens with one attached hydrogen (secondary N) is 3. The zero-order valence-corrected chi connectivity index (χ0v) is 9.26. The molecule has 15 heavy (non-hydrogen) atoms. The molecule has 3 N–H and O–H groups in total. The summed E-state index contributed by atoms with van der Waals surface area (Å²) >= 11 is 0. The van der Waals surface area contributed by atoms with Crippen LogP contribution < -0.4 is 10.6 Å². The summed E-state index contributed by atoms with van der Waals surface area (Å²) in [6, 6.07) is 1.74. The number of carbonyl (C=O) groups is 1. The van der Waals surface area contributed by atoms with Gasteiger partial charge in [0.15, 0.2) is 0 Å². The van der Waals surface area contributed by atoms with Crippen molar-refractivity contribution in [2.45, 2.75) is 20.3 Å². The highest BCUT2D eigenvalue weighted by Gasteiger charge is 2.07. The fraction of sp³-hybridized carbons (Fsp3) is 0.600. The van der Waals surface area contributed by atoms with E-state index in [4.69, 9.17) is 0 Å². The van der Waals surface area contributed by atoms with Gasteiger partial charge in [0, 0.05) is 12.2 Å². The van der Waals surface area contributed by atoms with Crippen LogP contribution in [0.3, 0.4) is 0 Å². The molecule has 0 unspecified atom stereocenters. The van der Waals surface area contributed by atoms with Crippen LogP contribution in [0.1, 0.15) is 29.5 Å². The van der Waals surface area contributed by atoms with Gasteiger partial charge in [0.25, 0.3) is 5.91 Å². The average molecular weight is 210 g/mol. The van der Waals surface area contributed by atoms with Crippen LogP contribution >= 0.6 is 0 Å². The van der Waals surface area contributed by atoms with Crippen molar-refractivity contribution in [2.24, 2.45) is 0 Å². The van der Waals surface area contributed by atoms with Crippen molar-refractivity contribution in [3.05, 3.63) is 17.5 Å². The van der Waals surface area contributed by atoms with Gasteiger partial charge in [-0.3, -0.25) is 9.89 Å². The molecule has 0 aromatic carbocycles. The van der Waals surface area contributed by atoms with Crippen molar-refractivity contribution in [3.63, 3.8) is 0 Å². The van der Waals surface area contributed by atoms with Crippen molar-refractivity contribution >= 4 is 5.91 Å². The number of aromatic amines is 1. The minimum absolute atomic E-state index is 0.115. The molecule has 1 rings (SSSR count). The minimum Gasteiger partial charge on any atom is -0.351 e. The van der Waals surface area contributed by atoms with Crippen LogP contribution in [-0.2, 0) is 0 Å².